The van der Waals surface area contributed by atoms with E-state index < -0.39 is 10.3 Å². The van der Waals surface area contributed by atoms with Crippen molar-refractivity contribution in [2.45, 2.75) is 27.7 Å². The van der Waals surface area contributed by atoms with Gasteiger partial charge < -0.3 is 4.18 Å². The fourth-order valence-corrected chi connectivity index (χ4v) is 3.48. The van der Waals surface area contributed by atoms with Crippen molar-refractivity contribution < 1.29 is 12.6 Å². The molecule has 3 rings (SSSR count). The fraction of sp³-hybridized carbons (Fsp3) is 0.211. The summed E-state index contributed by atoms with van der Waals surface area (Å²) in [6.07, 6.45) is 0. The maximum absolute atomic E-state index is 12.6. The Morgan fingerprint density at radius 3 is 2.20 bits per heavy atom. The van der Waals surface area contributed by atoms with Gasteiger partial charge >= 0.3 is 10.3 Å². The van der Waals surface area contributed by atoms with Crippen LogP contribution in [0.2, 0.25) is 0 Å². The molecule has 0 saturated heterocycles. The summed E-state index contributed by atoms with van der Waals surface area (Å²) in [6, 6.07) is 14.6. The molecule has 2 aromatic carbocycles. The van der Waals surface area contributed by atoms with E-state index in [1.807, 2.05) is 51.1 Å². The molecule has 0 atom stereocenters. The molecule has 5 nitrogen and oxygen atoms in total. The molecular formula is C19H20N2O3S. The topological polar surface area (TPSA) is 61.2 Å². The summed E-state index contributed by atoms with van der Waals surface area (Å²) >= 11 is 0. The normalized spacial score (nSPS) is 11.5. The lowest BCUT2D eigenvalue weighted by molar-refractivity contribution is 0.468. The van der Waals surface area contributed by atoms with Gasteiger partial charge in [-0.3, -0.25) is 0 Å². The van der Waals surface area contributed by atoms with Gasteiger partial charge in [0.2, 0.25) is 0 Å². The monoisotopic (exact) mass is 356 g/mol. The number of rotatable bonds is 4. The van der Waals surface area contributed by atoms with E-state index in [9.17, 15) is 8.42 Å². The number of hydrogen-bond donors (Lipinski definition) is 0. The predicted molar refractivity (Wildman–Crippen MR) is 98.0 cm³/mol. The minimum atomic E-state index is -4.06. The summed E-state index contributed by atoms with van der Waals surface area (Å²) in [5.41, 5.74) is 5.09. The van der Waals surface area contributed by atoms with Crippen LogP contribution in [-0.4, -0.2) is 17.6 Å². The Morgan fingerprint density at radius 1 is 0.880 bits per heavy atom. The van der Waals surface area contributed by atoms with Gasteiger partial charge in [-0.2, -0.15) is 13.5 Å². The van der Waals surface area contributed by atoms with Crippen molar-refractivity contribution in [3.05, 3.63) is 70.9 Å². The Kier molecular flexibility index (Phi) is 4.39. The highest BCUT2D eigenvalue weighted by molar-refractivity contribution is 7.85. The number of aryl methyl sites for hydroxylation is 4. The van der Waals surface area contributed by atoms with Crippen molar-refractivity contribution in [1.29, 1.82) is 0 Å². The van der Waals surface area contributed by atoms with Gasteiger partial charge in [0.25, 0.3) is 0 Å². The van der Waals surface area contributed by atoms with Gasteiger partial charge in [0.1, 0.15) is 5.75 Å². The molecule has 3 aromatic rings. The first-order chi connectivity index (χ1) is 11.8. The zero-order chi connectivity index (χ0) is 18.2. The molecule has 0 aliphatic heterocycles. The third-order valence-electron chi connectivity index (χ3n) is 4.08. The molecule has 0 saturated carbocycles. The van der Waals surface area contributed by atoms with E-state index in [1.54, 1.807) is 25.1 Å². The molecule has 0 fully saturated rings. The van der Waals surface area contributed by atoms with E-state index in [0.29, 0.717) is 11.4 Å². The third-order valence-corrected chi connectivity index (χ3v) is 5.28. The van der Waals surface area contributed by atoms with Crippen LogP contribution < -0.4 is 4.18 Å². The van der Waals surface area contributed by atoms with Gasteiger partial charge in [0, 0.05) is 5.56 Å². The summed E-state index contributed by atoms with van der Waals surface area (Å²) in [5.74, 6) is 0.273. The minimum Gasteiger partial charge on any atom is -0.366 e. The lowest BCUT2D eigenvalue weighted by Gasteiger charge is -2.09. The second-order valence-corrected chi connectivity index (χ2v) is 7.54. The van der Waals surface area contributed by atoms with Crippen molar-refractivity contribution >= 4 is 10.3 Å². The first-order valence-electron chi connectivity index (χ1n) is 7.92. The predicted octanol–water partition coefficient (Wildman–Crippen LogP) is 3.96. The Bertz CT molecular complexity index is 1020. The highest BCUT2D eigenvalue weighted by Crippen LogP contribution is 2.23. The van der Waals surface area contributed by atoms with Crippen LogP contribution in [0.1, 0.15) is 22.4 Å². The number of hydrogen-bond acceptors (Lipinski definition) is 4. The number of benzene rings is 2. The third kappa shape index (κ3) is 3.58. The summed E-state index contributed by atoms with van der Waals surface area (Å²) in [4.78, 5) is 0. The van der Waals surface area contributed by atoms with Crippen LogP contribution in [0.25, 0.3) is 11.3 Å². The van der Waals surface area contributed by atoms with E-state index >= 15 is 0 Å². The zero-order valence-electron chi connectivity index (χ0n) is 14.6. The molecule has 130 valence electrons. The van der Waals surface area contributed by atoms with Crippen molar-refractivity contribution in [1.82, 2.24) is 9.19 Å². The summed E-state index contributed by atoms with van der Waals surface area (Å²) in [6.45, 7) is 7.55. The Morgan fingerprint density at radius 2 is 1.56 bits per heavy atom. The van der Waals surface area contributed by atoms with Crippen LogP contribution in [0.4, 0.5) is 0 Å². The highest BCUT2D eigenvalue weighted by Gasteiger charge is 2.21. The number of aromatic nitrogens is 2. The van der Waals surface area contributed by atoms with Gasteiger partial charge in [-0.25, -0.2) is 0 Å². The Balaban J connectivity index is 1.94. The molecule has 0 aliphatic carbocycles. The zero-order valence-corrected chi connectivity index (χ0v) is 15.5. The fourth-order valence-electron chi connectivity index (χ4n) is 2.47. The molecule has 0 aliphatic rings. The molecule has 0 bridgehead atoms. The first-order valence-corrected chi connectivity index (χ1v) is 9.29. The molecule has 0 radical (unpaired) electrons. The van der Waals surface area contributed by atoms with Gasteiger partial charge in [-0.1, -0.05) is 35.9 Å². The average Bonchev–Trinajstić information content (AvgIpc) is 2.94. The van der Waals surface area contributed by atoms with E-state index in [1.165, 1.54) is 0 Å². The van der Waals surface area contributed by atoms with Gasteiger partial charge in [-0.15, -0.1) is 4.09 Å². The molecule has 25 heavy (non-hydrogen) atoms. The lowest BCUT2D eigenvalue weighted by Crippen LogP contribution is -2.21. The Hall–Kier alpha value is -2.60. The van der Waals surface area contributed by atoms with E-state index in [-0.39, 0.29) is 5.75 Å². The van der Waals surface area contributed by atoms with Crippen LogP contribution in [0.15, 0.2) is 48.5 Å². The van der Waals surface area contributed by atoms with E-state index in [2.05, 4.69) is 5.10 Å². The number of nitrogens with zero attached hydrogens (tertiary/aromatic N) is 2. The first kappa shape index (κ1) is 17.2. The van der Waals surface area contributed by atoms with Crippen molar-refractivity contribution in [3.63, 3.8) is 0 Å². The Labute approximate surface area is 148 Å². The lowest BCUT2D eigenvalue weighted by atomic mass is 10.1. The largest absolute Gasteiger partial charge is 0.429 e. The standard InChI is InChI=1S/C19H20N2O3S/c1-13-5-8-17(9-6-13)19-12-16(4)21(20-19)25(22,23)24-18-10-7-14(2)15(3)11-18/h5-12H,1-4H3. The maximum atomic E-state index is 12.6. The summed E-state index contributed by atoms with van der Waals surface area (Å²) < 4.78 is 31.4. The molecule has 6 heteroatoms. The minimum absolute atomic E-state index is 0.273. The highest BCUT2D eigenvalue weighted by atomic mass is 32.2. The maximum Gasteiger partial charge on any atom is 0.429 e. The van der Waals surface area contributed by atoms with Gasteiger partial charge in [0.15, 0.2) is 0 Å². The van der Waals surface area contributed by atoms with Crippen molar-refractivity contribution in [2.24, 2.45) is 0 Å². The van der Waals surface area contributed by atoms with Crippen LogP contribution in [0, 0.1) is 27.7 Å². The van der Waals surface area contributed by atoms with E-state index in [4.69, 9.17) is 4.18 Å². The molecule has 0 N–H and O–H groups in total. The molecule has 1 heterocycles. The second-order valence-electron chi connectivity index (χ2n) is 6.17. The van der Waals surface area contributed by atoms with Crippen LogP contribution in [0.3, 0.4) is 0 Å². The van der Waals surface area contributed by atoms with Crippen molar-refractivity contribution in [3.8, 4) is 17.0 Å². The second kappa shape index (κ2) is 6.37. The van der Waals surface area contributed by atoms with E-state index in [0.717, 1.165) is 26.3 Å². The van der Waals surface area contributed by atoms with Gasteiger partial charge in [0.05, 0.1) is 11.4 Å². The van der Waals surface area contributed by atoms with Crippen LogP contribution in [-0.2, 0) is 10.3 Å². The summed E-state index contributed by atoms with van der Waals surface area (Å²) in [5, 5.41) is 4.22. The molecule has 0 spiro atoms. The van der Waals surface area contributed by atoms with Crippen molar-refractivity contribution in [2.75, 3.05) is 0 Å². The molecule has 0 unspecified atom stereocenters. The molecular weight excluding hydrogens is 336 g/mol. The molecule has 1 aromatic heterocycles. The quantitative estimate of drug-likeness (QED) is 0.710. The van der Waals surface area contributed by atoms with Gasteiger partial charge in [-0.05, 0) is 57.0 Å². The SMILES string of the molecule is Cc1ccc(-c2cc(C)n(S(=O)(=O)Oc3ccc(C)c(C)c3)n2)cc1. The van der Waals surface area contributed by atoms with Crippen LogP contribution in [0.5, 0.6) is 5.75 Å². The van der Waals surface area contributed by atoms with Crippen LogP contribution >= 0.6 is 0 Å². The average molecular weight is 356 g/mol. The summed E-state index contributed by atoms with van der Waals surface area (Å²) in [7, 11) is -4.06. The smallest absolute Gasteiger partial charge is 0.366 e. The molecule has 0 amide bonds.